The Morgan fingerprint density at radius 1 is 1.50 bits per heavy atom. The highest BCUT2D eigenvalue weighted by Gasteiger charge is 2.24. The summed E-state index contributed by atoms with van der Waals surface area (Å²) in [6.07, 6.45) is 3.80. The fourth-order valence-corrected chi connectivity index (χ4v) is 3.74. The zero-order valence-electron chi connectivity index (χ0n) is 12.9. The Hall–Kier alpha value is -0.650. The van der Waals surface area contributed by atoms with Gasteiger partial charge in [-0.15, -0.1) is 11.3 Å². The molecule has 2 N–H and O–H groups in total. The van der Waals surface area contributed by atoms with Gasteiger partial charge in [0.1, 0.15) is 0 Å². The first-order valence-corrected chi connectivity index (χ1v) is 8.53. The fraction of sp³-hybridized carbons (Fsp3) is 0.800. The number of piperidine rings is 1. The highest BCUT2D eigenvalue weighted by Crippen LogP contribution is 2.32. The van der Waals surface area contributed by atoms with Crippen LogP contribution in [0.1, 0.15) is 56.5 Å². The van der Waals surface area contributed by atoms with Gasteiger partial charge in [0.05, 0.1) is 11.8 Å². The van der Waals surface area contributed by atoms with Crippen molar-refractivity contribution in [3.63, 3.8) is 0 Å². The largest absolute Gasteiger partial charge is 0.376 e. The number of rotatable bonds is 6. The number of anilines is 1. The molecule has 1 aliphatic heterocycles. The molecule has 1 aromatic rings. The molecule has 1 fully saturated rings. The first kappa shape index (κ1) is 15.7. The minimum Gasteiger partial charge on any atom is -0.376 e. The Balaban J connectivity index is 2.06. The number of aromatic nitrogens is 1. The van der Waals surface area contributed by atoms with Gasteiger partial charge in [-0.2, -0.15) is 0 Å². The highest BCUT2D eigenvalue weighted by atomic mass is 32.1. The lowest BCUT2D eigenvalue weighted by atomic mass is 10.1. The van der Waals surface area contributed by atoms with Crippen molar-refractivity contribution in [1.29, 1.82) is 0 Å². The fourth-order valence-electron chi connectivity index (χ4n) is 2.62. The normalized spacial score (nSPS) is 19.9. The van der Waals surface area contributed by atoms with E-state index in [9.17, 15) is 0 Å². The van der Waals surface area contributed by atoms with E-state index in [1.807, 2.05) is 0 Å². The van der Waals surface area contributed by atoms with Crippen LogP contribution in [0.5, 0.6) is 0 Å². The monoisotopic (exact) mass is 297 g/mol. The number of thiazole rings is 1. The van der Waals surface area contributed by atoms with Crippen molar-refractivity contribution in [3.8, 4) is 0 Å². The SMILES string of the molecule is CCCOC1CCCN(c2nc(C(C)C)c(CN)s2)C1. The number of nitrogens with zero attached hydrogens (tertiary/aromatic N) is 2. The number of ether oxygens (including phenoxy) is 1. The summed E-state index contributed by atoms with van der Waals surface area (Å²) < 4.78 is 5.91. The van der Waals surface area contributed by atoms with Crippen LogP contribution in [-0.2, 0) is 11.3 Å². The van der Waals surface area contributed by atoms with Crippen LogP contribution in [0, 0.1) is 0 Å². The van der Waals surface area contributed by atoms with Gasteiger partial charge in [-0.1, -0.05) is 20.8 Å². The molecule has 0 aliphatic carbocycles. The molecular formula is C15H27N3OS. The molecular weight excluding hydrogens is 270 g/mol. The number of hydrogen-bond acceptors (Lipinski definition) is 5. The predicted octanol–water partition coefficient (Wildman–Crippen LogP) is 3.12. The third-order valence-electron chi connectivity index (χ3n) is 3.65. The maximum absolute atomic E-state index is 5.91. The first-order chi connectivity index (χ1) is 9.65. The van der Waals surface area contributed by atoms with Gasteiger partial charge in [-0.3, -0.25) is 0 Å². The second-order valence-electron chi connectivity index (χ2n) is 5.74. The topological polar surface area (TPSA) is 51.4 Å². The van der Waals surface area contributed by atoms with Crippen LogP contribution in [0.2, 0.25) is 0 Å². The van der Waals surface area contributed by atoms with E-state index in [2.05, 4.69) is 25.7 Å². The molecule has 1 unspecified atom stereocenters. The van der Waals surface area contributed by atoms with E-state index in [4.69, 9.17) is 15.5 Å². The third kappa shape index (κ3) is 3.71. The summed E-state index contributed by atoms with van der Waals surface area (Å²) in [5.41, 5.74) is 7.02. The van der Waals surface area contributed by atoms with Crippen LogP contribution in [0.3, 0.4) is 0 Å². The lowest BCUT2D eigenvalue weighted by Gasteiger charge is -2.32. The standard InChI is InChI=1S/C15H27N3OS/c1-4-8-19-12-6-5-7-18(10-12)15-17-14(11(2)3)13(9-16)20-15/h11-12H,4-10,16H2,1-3H3. The van der Waals surface area contributed by atoms with Crippen LogP contribution >= 0.6 is 11.3 Å². The molecule has 0 amide bonds. The molecule has 1 atom stereocenters. The average Bonchev–Trinajstić information content (AvgIpc) is 2.90. The van der Waals surface area contributed by atoms with E-state index in [1.165, 1.54) is 23.4 Å². The quantitative estimate of drug-likeness (QED) is 0.876. The molecule has 5 heteroatoms. The van der Waals surface area contributed by atoms with Crippen molar-refractivity contribution in [2.45, 2.75) is 58.6 Å². The van der Waals surface area contributed by atoms with Gasteiger partial charge in [0.25, 0.3) is 0 Å². The van der Waals surface area contributed by atoms with Gasteiger partial charge in [0.15, 0.2) is 5.13 Å². The first-order valence-electron chi connectivity index (χ1n) is 7.71. The average molecular weight is 297 g/mol. The van der Waals surface area contributed by atoms with Crippen molar-refractivity contribution in [1.82, 2.24) is 4.98 Å². The summed E-state index contributed by atoms with van der Waals surface area (Å²) in [6.45, 7) is 10.0. The molecule has 20 heavy (non-hydrogen) atoms. The number of nitrogens with two attached hydrogens (primary N) is 1. The number of hydrogen-bond donors (Lipinski definition) is 1. The van der Waals surface area contributed by atoms with Crippen molar-refractivity contribution in [2.75, 3.05) is 24.6 Å². The molecule has 0 aromatic carbocycles. The van der Waals surface area contributed by atoms with Crippen molar-refractivity contribution in [3.05, 3.63) is 10.6 Å². The van der Waals surface area contributed by atoms with Crippen LogP contribution in [0.4, 0.5) is 5.13 Å². The highest BCUT2D eigenvalue weighted by molar-refractivity contribution is 7.15. The minimum absolute atomic E-state index is 0.358. The molecule has 2 heterocycles. The van der Waals surface area contributed by atoms with Gasteiger partial charge >= 0.3 is 0 Å². The molecule has 0 radical (unpaired) electrons. The lowest BCUT2D eigenvalue weighted by Crippen LogP contribution is -2.39. The summed E-state index contributed by atoms with van der Waals surface area (Å²) in [7, 11) is 0. The van der Waals surface area contributed by atoms with Crippen molar-refractivity contribution >= 4 is 16.5 Å². The van der Waals surface area contributed by atoms with Crippen LogP contribution < -0.4 is 10.6 Å². The summed E-state index contributed by atoms with van der Waals surface area (Å²) >= 11 is 1.75. The van der Waals surface area contributed by atoms with Crippen LogP contribution in [0.15, 0.2) is 0 Å². The molecule has 2 rings (SSSR count). The van der Waals surface area contributed by atoms with E-state index in [1.54, 1.807) is 11.3 Å². The summed E-state index contributed by atoms with van der Waals surface area (Å²) in [5, 5.41) is 1.12. The van der Waals surface area contributed by atoms with E-state index in [0.29, 0.717) is 18.6 Å². The van der Waals surface area contributed by atoms with Gasteiger partial charge in [-0.05, 0) is 25.2 Å². The minimum atomic E-state index is 0.358. The molecule has 1 saturated heterocycles. The van der Waals surface area contributed by atoms with Crippen LogP contribution in [0.25, 0.3) is 0 Å². The van der Waals surface area contributed by atoms with E-state index in [-0.39, 0.29) is 0 Å². The van der Waals surface area contributed by atoms with Crippen molar-refractivity contribution in [2.24, 2.45) is 5.73 Å². The summed E-state index contributed by atoms with van der Waals surface area (Å²) in [4.78, 5) is 8.43. The van der Waals surface area contributed by atoms with Crippen LogP contribution in [-0.4, -0.2) is 30.8 Å². The maximum Gasteiger partial charge on any atom is 0.185 e. The van der Waals surface area contributed by atoms with Gasteiger partial charge in [0.2, 0.25) is 0 Å². The molecule has 0 saturated carbocycles. The smallest absolute Gasteiger partial charge is 0.185 e. The molecule has 114 valence electrons. The Bertz CT molecular complexity index is 419. The maximum atomic E-state index is 5.91. The molecule has 0 bridgehead atoms. The van der Waals surface area contributed by atoms with Gasteiger partial charge in [-0.25, -0.2) is 4.98 Å². The third-order valence-corrected chi connectivity index (χ3v) is 4.81. The Kier molecular flexibility index (Phi) is 5.81. The molecule has 0 spiro atoms. The molecule has 4 nitrogen and oxygen atoms in total. The second kappa shape index (κ2) is 7.38. The van der Waals surface area contributed by atoms with Crippen molar-refractivity contribution < 1.29 is 4.74 Å². The predicted molar refractivity (Wildman–Crippen MR) is 85.6 cm³/mol. The zero-order valence-corrected chi connectivity index (χ0v) is 13.7. The zero-order chi connectivity index (χ0) is 14.5. The van der Waals surface area contributed by atoms with E-state index in [0.717, 1.165) is 31.2 Å². The summed E-state index contributed by atoms with van der Waals surface area (Å²) in [5.74, 6) is 0.440. The summed E-state index contributed by atoms with van der Waals surface area (Å²) in [6, 6.07) is 0. The Morgan fingerprint density at radius 2 is 2.30 bits per heavy atom. The Morgan fingerprint density at radius 3 is 2.90 bits per heavy atom. The van der Waals surface area contributed by atoms with E-state index >= 15 is 0 Å². The van der Waals surface area contributed by atoms with Gasteiger partial charge < -0.3 is 15.4 Å². The van der Waals surface area contributed by atoms with Gasteiger partial charge in [0, 0.05) is 31.1 Å². The second-order valence-corrected chi connectivity index (χ2v) is 6.81. The lowest BCUT2D eigenvalue weighted by molar-refractivity contribution is 0.0440. The molecule has 1 aliphatic rings. The Labute approximate surface area is 126 Å². The molecule has 1 aromatic heterocycles. The van der Waals surface area contributed by atoms with E-state index < -0.39 is 0 Å².